The average Bonchev–Trinajstić information content (AvgIpc) is 3.65. The molecule has 2 aromatic carbocycles. The van der Waals surface area contributed by atoms with Gasteiger partial charge in [0.25, 0.3) is 0 Å². The number of aromatic nitrogens is 3. The van der Waals surface area contributed by atoms with Crippen LogP contribution in [0, 0.1) is 43.7 Å². The van der Waals surface area contributed by atoms with Gasteiger partial charge >= 0.3 is 0 Å². The zero-order chi connectivity index (χ0) is 30.7. The molecule has 2 aliphatic carbocycles. The van der Waals surface area contributed by atoms with Crippen LogP contribution < -0.4 is 5.19 Å². The van der Waals surface area contributed by atoms with Gasteiger partial charge in [-0.3, -0.25) is 4.98 Å². The smallest absolute Gasteiger partial charge is 0.0798 e. The van der Waals surface area contributed by atoms with Crippen molar-refractivity contribution in [1.82, 2.24) is 15.0 Å². The monoisotopic (exact) mass is 786 g/mol. The van der Waals surface area contributed by atoms with Crippen LogP contribution >= 0.6 is 0 Å². The molecule has 3 unspecified atom stereocenters. The van der Waals surface area contributed by atoms with Crippen LogP contribution in [0.3, 0.4) is 0 Å². The number of hydrogen-bond acceptors (Lipinski definition) is 3. The summed E-state index contributed by atoms with van der Waals surface area (Å²) in [6, 6.07) is 33.4. The SMILES string of the molecule is C[Si](C)(C)c1cnc(-c2[c-]cccc2)cc1CC1CC2CCC1C2.Cc1cc(-c2ccnc(-c3[c-]cccc3)c2)cc(C)n1.[Ir]. The maximum atomic E-state index is 4.80. The van der Waals surface area contributed by atoms with Crippen LogP contribution in [0.1, 0.15) is 42.6 Å². The van der Waals surface area contributed by atoms with Gasteiger partial charge in [0, 0.05) is 43.9 Å². The van der Waals surface area contributed by atoms with E-state index in [1.807, 2.05) is 62.5 Å². The summed E-state index contributed by atoms with van der Waals surface area (Å²) >= 11 is 0. The molecule has 5 heteroatoms. The summed E-state index contributed by atoms with van der Waals surface area (Å²) in [4.78, 5) is 13.7. The third kappa shape index (κ3) is 8.13. The van der Waals surface area contributed by atoms with Crippen LogP contribution in [0.15, 0.2) is 91.3 Å². The molecule has 3 atom stereocenters. The average molecular weight is 786 g/mol. The summed E-state index contributed by atoms with van der Waals surface area (Å²) in [5, 5.41) is 1.56. The summed E-state index contributed by atoms with van der Waals surface area (Å²) in [6.07, 6.45) is 11.2. The Bertz CT molecular complexity index is 1700. The summed E-state index contributed by atoms with van der Waals surface area (Å²) < 4.78 is 0. The minimum atomic E-state index is -1.37. The van der Waals surface area contributed by atoms with Gasteiger partial charge in [-0.15, -0.1) is 71.8 Å². The minimum Gasteiger partial charge on any atom is -0.305 e. The van der Waals surface area contributed by atoms with E-state index in [-0.39, 0.29) is 20.1 Å². The Morgan fingerprint density at radius 1 is 0.756 bits per heavy atom. The molecule has 233 valence electrons. The number of fused-ring (bicyclic) bond motifs is 2. The summed E-state index contributed by atoms with van der Waals surface area (Å²) in [5.41, 5.74) is 10.1. The second-order valence-corrected chi connectivity index (χ2v) is 18.8. The number of pyridine rings is 3. The van der Waals surface area contributed by atoms with Gasteiger partial charge in [-0.05, 0) is 103 Å². The van der Waals surface area contributed by atoms with Crippen LogP contribution in [0.4, 0.5) is 0 Å². The number of aryl methyl sites for hydroxylation is 2. The summed E-state index contributed by atoms with van der Waals surface area (Å²) in [5.74, 6) is 2.93. The Kier molecular flexibility index (Phi) is 10.6. The van der Waals surface area contributed by atoms with E-state index in [0.29, 0.717) is 0 Å². The largest absolute Gasteiger partial charge is 0.305 e. The molecule has 2 fully saturated rings. The van der Waals surface area contributed by atoms with E-state index in [4.69, 9.17) is 4.98 Å². The maximum absolute atomic E-state index is 4.80. The van der Waals surface area contributed by atoms with Crippen LogP contribution in [0.5, 0.6) is 0 Å². The molecule has 3 aromatic heterocycles. The number of hydrogen-bond donors (Lipinski definition) is 0. The molecule has 2 bridgehead atoms. The van der Waals surface area contributed by atoms with E-state index in [9.17, 15) is 0 Å². The molecule has 7 rings (SSSR count). The molecule has 5 aromatic rings. The molecule has 2 aliphatic rings. The fourth-order valence-electron chi connectivity index (χ4n) is 7.26. The van der Waals surface area contributed by atoms with Crippen molar-refractivity contribution in [2.24, 2.45) is 17.8 Å². The van der Waals surface area contributed by atoms with E-state index in [1.165, 1.54) is 37.7 Å². The van der Waals surface area contributed by atoms with Gasteiger partial charge in [0.05, 0.1) is 8.07 Å². The minimum absolute atomic E-state index is 0. The van der Waals surface area contributed by atoms with Crippen LogP contribution in [0.25, 0.3) is 33.6 Å². The van der Waals surface area contributed by atoms with Gasteiger partial charge in [0.15, 0.2) is 0 Å². The van der Waals surface area contributed by atoms with E-state index in [1.54, 1.807) is 10.8 Å². The zero-order valence-electron chi connectivity index (χ0n) is 27.1. The Balaban J connectivity index is 0.000000177. The first-order chi connectivity index (χ1) is 21.2. The quantitative estimate of drug-likeness (QED) is 0.127. The Labute approximate surface area is 284 Å². The molecule has 0 spiro atoms. The molecule has 2 saturated carbocycles. The van der Waals surface area contributed by atoms with Crippen LogP contribution in [-0.4, -0.2) is 23.0 Å². The van der Waals surface area contributed by atoms with Gasteiger partial charge in [-0.25, -0.2) is 0 Å². The van der Waals surface area contributed by atoms with Crippen molar-refractivity contribution >= 4 is 13.3 Å². The second kappa shape index (κ2) is 14.5. The van der Waals surface area contributed by atoms with Crippen molar-refractivity contribution in [3.63, 3.8) is 0 Å². The Hall–Kier alpha value is -3.24. The fourth-order valence-corrected chi connectivity index (χ4v) is 8.85. The Morgan fingerprint density at radius 2 is 1.42 bits per heavy atom. The fraction of sp³-hybridized carbons (Fsp3) is 0.325. The first-order valence-corrected chi connectivity index (χ1v) is 19.6. The van der Waals surface area contributed by atoms with Gasteiger partial charge in [0.1, 0.15) is 0 Å². The van der Waals surface area contributed by atoms with Gasteiger partial charge in [-0.1, -0.05) is 43.8 Å². The zero-order valence-corrected chi connectivity index (χ0v) is 30.5. The molecule has 0 aliphatic heterocycles. The van der Waals surface area contributed by atoms with E-state index in [2.05, 4.69) is 84.3 Å². The molecule has 0 N–H and O–H groups in total. The van der Waals surface area contributed by atoms with E-state index < -0.39 is 8.07 Å². The molecule has 0 saturated heterocycles. The standard InChI is InChI=1S/C22H28NSi.C18H15N2.Ir/c1-24(2,3)22-15-23-21(17-7-5-4-6-8-17)14-20(22)13-19-12-16-9-10-18(19)11-16;1-13-10-17(11-14(2)20-13)16-8-9-19-18(12-16)15-6-4-3-5-7-15;/h4-7,14-16,18-19H,9-13H2,1-3H3;3-6,8-12H,1-2H3;/q2*-1;. The molecule has 45 heavy (non-hydrogen) atoms. The first-order valence-electron chi connectivity index (χ1n) is 16.1. The number of rotatable bonds is 6. The van der Waals surface area contributed by atoms with Gasteiger partial charge < -0.3 is 9.97 Å². The summed E-state index contributed by atoms with van der Waals surface area (Å²) in [7, 11) is -1.37. The van der Waals surface area contributed by atoms with Crippen molar-refractivity contribution < 1.29 is 20.1 Å². The predicted octanol–water partition coefficient (Wildman–Crippen LogP) is 9.30. The summed E-state index contributed by atoms with van der Waals surface area (Å²) in [6.45, 7) is 11.4. The molecule has 3 nitrogen and oxygen atoms in total. The van der Waals surface area contributed by atoms with Crippen LogP contribution in [-0.2, 0) is 26.5 Å². The normalized spacial score (nSPS) is 18.6. The molecular weight excluding hydrogens is 743 g/mol. The predicted molar refractivity (Wildman–Crippen MR) is 185 cm³/mol. The second-order valence-electron chi connectivity index (χ2n) is 13.7. The van der Waals surface area contributed by atoms with Crippen molar-refractivity contribution in [3.8, 4) is 33.6 Å². The van der Waals surface area contributed by atoms with Crippen molar-refractivity contribution in [1.29, 1.82) is 0 Å². The van der Waals surface area contributed by atoms with Crippen molar-refractivity contribution in [2.45, 2.75) is 65.6 Å². The van der Waals surface area contributed by atoms with E-state index >= 15 is 0 Å². The Morgan fingerprint density at radius 3 is 1.98 bits per heavy atom. The topological polar surface area (TPSA) is 38.7 Å². The van der Waals surface area contributed by atoms with Gasteiger partial charge in [-0.2, -0.15) is 0 Å². The van der Waals surface area contributed by atoms with E-state index in [0.717, 1.165) is 57.2 Å². The van der Waals surface area contributed by atoms with Crippen molar-refractivity contribution in [3.05, 3.63) is 120 Å². The molecule has 0 amide bonds. The number of nitrogens with zero attached hydrogens (tertiary/aromatic N) is 3. The number of benzene rings is 2. The first kappa shape index (κ1) is 33.1. The maximum Gasteiger partial charge on any atom is 0.0798 e. The van der Waals surface area contributed by atoms with Crippen molar-refractivity contribution in [2.75, 3.05) is 0 Å². The molecule has 3 heterocycles. The molecule has 1 radical (unpaired) electrons. The van der Waals surface area contributed by atoms with Crippen LogP contribution in [0.2, 0.25) is 19.6 Å². The molecular formula is C40H43IrN3Si-2. The third-order valence-corrected chi connectivity index (χ3v) is 11.4. The van der Waals surface area contributed by atoms with Gasteiger partial charge in [0.2, 0.25) is 0 Å². The third-order valence-electron chi connectivity index (χ3n) is 9.31.